The number of hydrogen-bond acceptors (Lipinski definition) is 0. The number of hydrogen-bond donors (Lipinski definition) is 0. The third-order valence-corrected chi connectivity index (χ3v) is 43.9. The fourth-order valence-corrected chi connectivity index (χ4v) is 27.9. The molecule has 4 heteroatoms. The fraction of sp³-hybridized carbons (Fsp3) is 0.467. The van der Waals surface area contributed by atoms with Crippen LogP contribution in [0, 0.1) is 39.5 Å². The van der Waals surface area contributed by atoms with E-state index in [9.17, 15) is 0 Å². The first-order chi connectivity index (χ1) is 15.7. The van der Waals surface area contributed by atoms with Gasteiger partial charge in [0.2, 0.25) is 0 Å². The number of halogens is 2. The number of benzene rings is 2. The van der Waals surface area contributed by atoms with Crippen molar-refractivity contribution < 1.29 is 12.4 Å². The zero-order valence-electron chi connectivity index (χ0n) is 22.6. The molecule has 0 N–H and O–H groups in total. The van der Waals surface area contributed by atoms with Gasteiger partial charge in [0, 0.05) is 0 Å². The van der Waals surface area contributed by atoms with Gasteiger partial charge >= 0.3 is 219 Å². The van der Waals surface area contributed by atoms with Crippen LogP contribution in [0.2, 0.25) is 13.1 Å². The zero-order valence-corrected chi connectivity index (χ0v) is 26.8. The molecule has 0 bridgehead atoms. The van der Waals surface area contributed by atoms with E-state index in [1.165, 1.54) is 55.7 Å². The molecule has 4 rings (SSSR count). The molecule has 2 aliphatic carbocycles. The predicted octanol–water partition coefficient (Wildman–Crippen LogP) is 9.79. The summed E-state index contributed by atoms with van der Waals surface area (Å²) in [6.45, 7) is 21.7. The van der Waals surface area contributed by atoms with Crippen LogP contribution in [-0.2, 0) is 12.4 Å². The summed E-state index contributed by atoms with van der Waals surface area (Å²) in [5, 5.41) is 0. The SMILES string of the molecule is Cc1ccc(C)c2c1C=C(C(C)C)[CH]2[Ti]([Cl])([Cl])([CH]1C(C(C)C)=Cc2c(C)ccc(C)c21)[SiH](C)C. The molecule has 0 saturated carbocycles. The summed E-state index contributed by atoms with van der Waals surface area (Å²) in [5.74, 6) is 0.825. The van der Waals surface area contributed by atoms with Gasteiger partial charge in [-0.3, -0.25) is 0 Å². The molecule has 0 aromatic heterocycles. The Morgan fingerprint density at radius 3 is 1.26 bits per heavy atom. The Labute approximate surface area is 217 Å². The molecule has 34 heavy (non-hydrogen) atoms. The quantitative estimate of drug-likeness (QED) is 0.326. The zero-order chi connectivity index (χ0) is 25.4. The molecule has 0 fully saturated rings. The van der Waals surface area contributed by atoms with Gasteiger partial charge in [-0.2, -0.15) is 0 Å². The molecular weight excluding hydrogens is 507 g/mol. The van der Waals surface area contributed by atoms with Gasteiger partial charge in [-0.05, 0) is 0 Å². The third-order valence-electron chi connectivity index (χ3n) is 8.85. The summed E-state index contributed by atoms with van der Waals surface area (Å²) < 4.78 is 0.333. The average molecular weight is 549 g/mol. The maximum atomic E-state index is 8.46. The second kappa shape index (κ2) is 8.77. The third kappa shape index (κ3) is 3.64. The normalized spacial score (nSPS) is 21.0. The Morgan fingerprint density at radius 1 is 0.647 bits per heavy atom. The van der Waals surface area contributed by atoms with E-state index in [2.05, 4.69) is 105 Å². The van der Waals surface area contributed by atoms with Crippen molar-refractivity contribution in [2.75, 3.05) is 0 Å². The van der Waals surface area contributed by atoms with Gasteiger partial charge in [0.1, 0.15) is 0 Å². The van der Waals surface area contributed by atoms with E-state index in [-0.39, 0.29) is 8.45 Å². The molecule has 2 unspecified atom stereocenters. The summed E-state index contributed by atoms with van der Waals surface area (Å²) in [4.78, 5) is 0. The molecule has 2 aliphatic rings. The number of fused-ring (bicyclic) bond motifs is 2. The van der Waals surface area contributed by atoms with Crippen LogP contribution >= 0.6 is 18.6 Å². The van der Waals surface area contributed by atoms with E-state index in [0.717, 1.165) is 0 Å². The molecule has 0 spiro atoms. The van der Waals surface area contributed by atoms with Gasteiger partial charge in [0.05, 0.1) is 0 Å². The first-order valence-electron chi connectivity index (χ1n) is 12.9. The molecule has 0 nitrogen and oxygen atoms in total. The van der Waals surface area contributed by atoms with E-state index >= 15 is 0 Å². The Balaban J connectivity index is 2.13. The predicted molar refractivity (Wildman–Crippen MR) is 154 cm³/mol. The molecule has 0 amide bonds. The average Bonchev–Trinajstić information content (AvgIpc) is 3.36. The van der Waals surface area contributed by atoms with E-state index in [4.69, 9.17) is 18.6 Å². The molecule has 0 saturated heterocycles. The van der Waals surface area contributed by atoms with Gasteiger partial charge in [0.25, 0.3) is 0 Å². The Morgan fingerprint density at radius 2 is 0.971 bits per heavy atom. The van der Waals surface area contributed by atoms with E-state index in [1.807, 2.05) is 0 Å². The van der Waals surface area contributed by atoms with Crippen molar-refractivity contribution in [2.24, 2.45) is 11.8 Å². The summed E-state index contributed by atoms with van der Waals surface area (Å²) >= 11 is -4.36. The maximum absolute atomic E-state index is 8.46. The van der Waals surface area contributed by atoms with Crippen molar-refractivity contribution in [1.29, 1.82) is 0 Å². The van der Waals surface area contributed by atoms with Gasteiger partial charge in [-0.25, -0.2) is 0 Å². The van der Waals surface area contributed by atoms with Gasteiger partial charge < -0.3 is 0 Å². The summed E-state index contributed by atoms with van der Waals surface area (Å²) in [6.07, 6.45) is 4.93. The monoisotopic (exact) mass is 547 g/mol. The van der Waals surface area contributed by atoms with Crippen LogP contribution in [0.4, 0.5) is 0 Å². The van der Waals surface area contributed by atoms with Crippen molar-refractivity contribution in [2.45, 2.75) is 76.9 Å². The van der Waals surface area contributed by atoms with Crippen LogP contribution in [0.1, 0.15) is 80.6 Å². The van der Waals surface area contributed by atoms with Gasteiger partial charge in [-0.15, -0.1) is 0 Å². The minimum absolute atomic E-state index is 0.167. The standard InChI is InChI=1S/2C14H17.C2H7Si.2ClH.Ti/c2*1-9(2)12-7-13-10(3)5-6-11(4)14(13)8-12;1-3-2;;;/h2*5-9H,1-4H3;3H,1-2H3;2*1H;/q;;;;;+2/p-2. The van der Waals surface area contributed by atoms with E-state index < -0.39 is 19.1 Å². The molecule has 0 heterocycles. The van der Waals surface area contributed by atoms with Gasteiger partial charge in [-0.1, -0.05) is 0 Å². The summed E-state index contributed by atoms with van der Waals surface area (Å²) in [7, 11) is 16.9. The Kier molecular flexibility index (Phi) is 6.84. The minimum atomic E-state index is -4.36. The molecule has 183 valence electrons. The first kappa shape index (κ1) is 26.5. The van der Waals surface area contributed by atoms with Crippen molar-refractivity contribution in [1.82, 2.24) is 0 Å². The van der Waals surface area contributed by atoms with E-state index in [1.54, 1.807) is 0 Å². The van der Waals surface area contributed by atoms with Crippen LogP contribution in [0.3, 0.4) is 0 Å². The molecule has 0 radical (unpaired) electrons. The van der Waals surface area contributed by atoms with Crippen LogP contribution in [0.15, 0.2) is 35.4 Å². The Hall–Kier alpha value is -0.569. The second-order valence-electron chi connectivity index (χ2n) is 11.9. The topological polar surface area (TPSA) is 0 Å². The molecule has 2 aromatic carbocycles. The molecule has 0 aliphatic heterocycles. The van der Waals surface area contributed by atoms with Crippen LogP contribution in [-0.4, -0.2) is 6.66 Å². The van der Waals surface area contributed by atoms with Crippen molar-refractivity contribution >= 4 is 37.4 Å². The fourth-order valence-electron chi connectivity index (χ4n) is 6.71. The van der Waals surface area contributed by atoms with Gasteiger partial charge in [0.15, 0.2) is 0 Å². The van der Waals surface area contributed by atoms with Crippen LogP contribution in [0.5, 0.6) is 0 Å². The number of allylic oxidation sites excluding steroid dienone is 2. The summed E-state index contributed by atoms with van der Waals surface area (Å²) in [5.41, 5.74) is 14.0. The first-order valence-corrected chi connectivity index (χ1v) is 24.6. The van der Waals surface area contributed by atoms with Crippen molar-refractivity contribution in [3.63, 3.8) is 0 Å². The summed E-state index contributed by atoms with van der Waals surface area (Å²) in [6, 6.07) is 9.11. The number of rotatable bonds is 5. The molecular formula is C30H41Cl2SiTi. The molecule has 2 aromatic rings. The van der Waals surface area contributed by atoms with Crippen molar-refractivity contribution in [3.8, 4) is 0 Å². The van der Waals surface area contributed by atoms with Crippen LogP contribution < -0.4 is 0 Å². The molecule has 2 atom stereocenters. The number of aryl methyl sites for hydroxylation is 4. The van der Waals surface area contributed by atoms with Crippen molar-refractivity contribution in [3.05, 3.63) is 79.9 Å². The second-order valence-corrected chi connectivity index (χ2v) is 41.2. The Bertz CT molecular complexity index is 1140. The van der Waals surface area contributed by atoms with E-state index in [0.29, 0.717) is 11.8 Å². The van der Waals surface area contributed by atoms with Crippen LogP contribution in [0.25, 0.3) is 12.2 Å².